The van der Waals surface area contributed by atoms with Gasteiger partial charge in [-0.1, -0.05) is 30.1 Å². The highest BCUT2D eigenvalue weighted by Gasteiger charge is 1.87. The average molecular weight is 168 g/mol. The maximum Gasteiger partial charge on any atom is 0.0431 e. The molecule has 0 aromatic rings. The lowest BCUT2D eigenvalue weighted by Gasteiger charge is -1.98. The first-order chi connectivity index (χ1) is 4.31. The fourth-order valence-corrected chi connectivity index (χ4v) is 0.595. The Morgan fingerprint density at radius 3 is 2.78 bits per heavy atom. The lowest BCUT2D eigenvalue weighted by Crippen LogP contribution is -2.15. The topological polar surface area (TPSA) is 12.0 Å². The van der Waals surface area contributed by atoms with Crippen molar-refractivity contribution in [3.8, 4) is 0 Å². The van der Waals surface area contributed by atoms with Crippen LogP contribution in [0.4, 0.5) is 0 Å². The molecule has 0 saturated carbocycles. The summed E-state index contributed by atoms with van der Waals surface area (Å²) in [6, 6.07) is 0. The SMILES string of the molecule is CCCNCC(Cl)=CCl. The minimum absolute atomic E-state index is 0.658. The molecule has 0 aliphatic carbocycles. The van der Waals surface area contributed by atoms with Crippen LogP contribution in [0.2, 0.25) is 0 Å². The molecule has 54 valence electrons. The van der Waals surface area contributed by atoms with Gasteiger partial charge < -0.3 is 5.32 Å². The van der Waals surface area contributed by atoms with Crippen molar-refractivity contribution in [2.75, 3.05) is 13.1 Å². The lowest BCUT2D eigenvalue weighted by atomic mass is 10.5. The third-order valence-corrected chi connectivity index (χ3v) is 1.46. The zero-order valence-electron chi connectivity index (χ0n) is 5.45. The van der Waals surface area contributed by atoms with Gasteiger partial charge in [-0.25, -0.2) is 0 Å². The van der Waals surface area contributed by atoms with E-state index in [-0.39, 0.29) is 0 Å². The molecular formula is C6H11Cl2N. The van der Waals surface area contributed by atoms with Crippen molar-refractivity contribution >= 4 is 23.2 Å². The molecule has 0 rings (SSSR count). The maximum atomic E-state index is 5.57. The Hall–Kier alpha value is 0.280. The van der Waals surface area contributed by atoms with Gasteiger partial charge in [-0.05, 0) is 13.0 Å². The number of nitrogens with one attached hydrogen (secondary N) is 1. The van der Waals surface area contributed by atoms with Crippen molar-refractivity contribution < 1.29 is 0 Å². The molecule has 1 N–H and O–H groups in total. The monoisotopic (exact) mass is 167 g/mol. The van der Waals surface area contributed by atoms with Gasteiger partial charge in [-0.2, -0.15) is 0 Å². The zero-order valence-corrected chi connectivity index (χ0v) is 6.97. The third kappa shape index (κ3) is 6.16. The first kappa shape index (κ1) is 9.28. The van der Waals surface area contributed by atoms with Gasteiger partial charge in [0.05, 0.1) is 0 Å². The van der Waals surface area contributed by atoms with Gasteiger partial charge in [-0.3, -0.25) is 0 Å². The van der Waals surface area contributed by atoms with E-state index in [1.165, 1.54) is 5.54 Å². The first-order valence-corrected chi connectivity index (χ1v) is 3.78. The molecule has 0 unspecified atom stereocenters. The Bertz CT molecular complexity index is 91.1. The van der Waals surface area contributed by atoms with Crippen LogP contribution < -0.4 is 5.32 Å². The number of hydrogen-bond acceptors (Lipinski definition) is 1. The second-order valence-corrected chi connectivity index (χ2v) is 2.44. The van der Waals surface area contributed by atoms with Crippen molar-refractivity contribution in [3.63, 3.8) is 0 Å². The molecule has 0 heterocycles. The maximum absolute atomic E-state index is 5.57. The molecule has 0 amide bonds. The number of halogens is 2. The summed E-state index contributed by atoms with van der Waals surface area (Å²) in [6.07, 6.45) is 1.12. The van der Waals surface area contributed by atoms with Crippen molar-refractivity contribution in [3.05, 3.63) is 10.6 Å². The quantitative estimate of drug-likeness (QED) is 0.635. The van der Waals surface area contributed by atoms with Crippen LogP contribution in [0.15, 0.2) is 10.6 Å². The minimum Gasteiger partial charge on any atom is -0.312 e. The molecule has 0 fully saturated rings. The second-order valence-electron chi connectivity index (χ2n) is 1.73. The fourth-order valence-electron chi connectivity index (χ4n) is 0.423. The molecule has 0 aromatic carbocycles. The summed E-state index contributed by atoms with van der Waals surface area (Å²) in [7, 11) is 0. The lowest BCUT2D eigenvalue weighted by molar-refractivity contribution is 0.725. The molecule has 0 radical (unpaired) electrons. The summed E-state index contributed by atoms with van der Waals surface area (Å²) in [4.78, 5) is 0. The molecule has 0 saturated heterocycles. The Balaban J connectivity index is 3.07. The predicted octanol–water partition coefficient (Wildman–Crippen LogP) is 2.31. The van der Waals surface area contributed by atoms with Gasteiger partial charge in [0.1, 0.15) is 0 Å². The minimum atomic E-state index is 0.658. The van der Waals surface area contributed by atoms with Crippen LogP contribution >= 0.6 is 23.2 Å². The summed E-state index contributed by atoms with van der Waals surface area (Å²) in [6.45, 7) is 3.77. The van der Waals surface area contributed by atoms with Crippen molar-refractivity contribution in [2.45, 2.75) is 13.3 Å². The summed E-state index contributed by atoms with van der Waals surface area (Å²) in [5.41, 5.74) is 1.38. The molecule has 0 bridgehead atoms. The predicted molar refractivity (Wildman–Crippen MR) is 42.9 cm³/mol. The zero-order chi connectivity index (χ0) is 7.11. The van der Waals surface area contributed by atoms with Crippen LogP contribution in [0.1, 0.15) is 13.3 Å². The van der Waals surface area contributed by atoms with Crippen LogP contribution in [0.3, 0.4) is 0 Å². The molecule has 0 aromatic heterocycles. The van der Waals surface area contributed by atoms with E-state index in [4.69, 9.17) is 23.2 Å². The highest BCUT2D eigenvalue weighted by Crippen LogP contribution is 1.99. The standard InChI is InChI=1S/C6H11Cl2N/c1-2-3-9-5-6(8)4-7/h4,9H,2-3,5H2,1H3. The smallest absolute Gasteiger partial charge is 0.0431 e. The van der Waals surface area contributed by atoms with Crippen LogP contribution in [-0.4, -0.2) is 13.1 Å². The molecule has 1 nitrogen and oxygen atoms in total. The molecule has 0 aliphatic rings. The Labute approximate surface area is 66.0 Å². The van der Waals surface area contributed by atoms with Gasteiger partial charge >= 0.3 is 0 Å². The molecule has 9 heavy (non-hydrogen) atoms. The molecular weight excluding hydrogens is 157 g/mol. The van der Waals surface area contributed by atoms with E-state index in [0.717, 1.165) is 13.0 Å². The Kier molecular flexibility index (Phi) is 6.60. The summed E-state index contributed by atoms with van der Waals surface area (Å²) < 4.78 is 0. The van der Waals surface area contributed by atoms with E-state index in [0.29, 0.717) is 11.6 Å². The largest absolute Gasteiger partial charge is 0.312 e. The van der Waals surface area contributed by atoms with Crippen molar-refractivity contribution in [1.82, 2.24) is 5.32 Å². The van der Waals surface area contributed by atoms with E-state index < -0.39 is 0 Å². The van der Waals surface area contributed by atoms with Gasteiger partial charge in [0.25, 0.3) is 0 Å². The molecule has 0 spiro atoms. The van der Waals surface area contributed by atoms with Crippen LogP contribution in [0.5, 0.6) is 0 Å². The number of rotatable bonds is 4. The summed E-state index contributed by atoms with van der Waals surface area (Å²) in [5.74, 6) is 0. The van der Waals surface area contributed by atoms with E-state index in [9.17, 15) is 0 Å². The summed E-state index contributed by atoms with van der Waals surface area (Å²) in [5, 5.41) is 3.76. The third-order valence-electron chi connectivity index (χ3n) is 0.839. The molecule has 3 heteroatoms. The van der Waals surface area contributed by atoms with Crippen molar-refractivity contribution in [2.24, 2.45) is 0 Å². The van der Waals surface area contributed by atoms with Crippen LogP contribution in [0, 0.1) is 0 Å². The van der Waals surface area contributed by atoms with E-state index in [1.807, 2.05) is 0 Å². The normalized spacial score (nSPS) is 12.1. The molecule has 0 aliphatic heterocycles. The van der Waals surface area contributed by atoms with Crippen LogP contribution in [-0.2, 0) is 0 Å². The Morgan fingerprint density at radius 1 is 1.67 bits per heavy atom. The summed E-state index contributed by atoms with van der Waals surface area (Å²) >= 11 is 10.9. The number of hydrogen-bond donors (Lipinski definition) is 1. The van der Waals surface area contributed by atoms with Crippen LogP contribution in [0.25, 0.3) is 0 Å². The van der Waals surface area contributed by atoms with Gasteiger partial charge in [0, 0.05) is 17.1 Å². The van der Waals surface area contributed by atoms with Gasteiger partial charge in [0.2, 0.25) is 0 Å². The Morgan fingerprint density at radius 2 is 2.33 bits per heavy atom. The van der Waals surface area contributed by atoms with Gasteiger partial charge in [0.15, 0.2) is 0 Å². The second kappa shape index (κ2) is 6.40. The van der Waals surface area contributed by atoms with E-state index >= 15 is 0 Å². The highest BCUT2D eigenvalue weighted by atomic mass is 35.5. The average Bonchev–Trinajstić information content (AvgIpc) is 1.89. The van der Waals surface area contributed by atoms with Gasteiger partial charge in [-0.15, -0.1) is 0 Å². The molecule has 0 atom stereocenters. The van der Waals surface area contributed by atoms with Crippen molar-refractivity contribution in [1.29, 1.82) is 0 Å². The first-order valence-electron chi connectivity index (χ1n) is 2.96. The fraction of sp³-hybridized carbons (Fsp3) is 0.667. The van der Waals surface area contributed by atoms with E-state index in [2.05, 4.69) is 12.2 Å². The highest BCUT2D eigenvalue weighted by molar-refractivity contribution is 6.36. The van der Waals surface area contributed by atoms with E-state index in [1.54, 1.807) is 0 Å².